The smallest absolute Gasteiger partial charge is 0.262 e. The minimum atomic E-state index is -0.417. The second-order valence-electron chi connectivity index (χ2n) is 7.62. The van der Waals surface area contributed by atoms with Crippen molar-refractivity contribution in [2.45, 2.75) is 32.0 Å². The van der Waals surface area contributed by atoms with Crippen LogP contribution < -0.4 is 10.9 Å². The van der Waals surface area contributed by atoms with Crippen molar-refractivity contribution in [1.82, 2.24) is 19.2 Å². The Hall–Kier alpha value is -3.20. The van der Waals surface area contributed by atoms with Gasteiger partial charge in [0.2, 0.25) is 11.7 Å². The van der Waals surface area contributed by atoms with Gasteiger partial charge in [0.1, 0.15) is 5.82 Å². The van der Waals surface area contributed by atoms with Gasteiger partial charge in [0, 0.05) is 12.2 Å². The highest BCUT2D eigenvalue weighted by molar-refractivity contribution is 7.99. The molecule has 0 fully saturated rings. The number of nitrogens with zero attached hydrogens (tertiary/aromatic N) is 4. The molecule has 31 heavy (non-hydrogen) atoms. The van der Waals surface area contributed by atoms with Crippen LogP contribution in [-0.4, -0.2) is 30.8 Å². The van der Waals surface area contributed by atoms with Gasteiger partial charge in [-0.3, -0.25) is 18.6 Å². The van der Waals surface area contributed by atoms with E-state index in [1.165, 1.54) is 30.0 Å². The number of nitrogens with one attached hydrogen (secondary N) is 1. The highest BCUT2D eigenvalue weighted by Crippen LogP contribution is 2.22. The largest absolute Gasteiger partial charge is 0.325 e. The molecule has 0 aliphatic carbocycles. The summed E-state index contributed by atoms with van der Waals surface area (Å²) in [4.78, 5) is 25.4. The van der Waals surface area contributed by atoms with Crippen LogP contribution in [-0.2, 0) is 11.3 Å². The summed E-state index contributed by atoms with van der Waals surface area (Å²) in [5.74, 6) is 0.250. The maximum Gasteiger partial charge on any atom is 0.262 e. The number of carbonyl (C=O) groups is 1. The first kappa shape index (κ1) is 21.0. The number of carbonyl (C=O) groups excluding carboxylic acids is 1. The van der Waals surface area contributed by atoms with Gasteiger partial charge in [-0.25, -0.2) is 4.39 Å². The molecule has 0 saturated carbocycles. The van der Waals surface area contributed by atoms with Crippen molar-refractivity contribution in [3.05, 3.63) is 64.7 Å². The molecule has 4 aromatic rings. The molecule has 160 valence electrons. The van der Waals surface area contributed by atoms with E-state index in [0.717, 1.165) is 6.42 Å². The van der Waals surface area contributed by atoms with Crippen LogP contribution in [0.3, 0.4) is 0 Å². The first-order chi connectivity index (χ1) is 14.9. The molecule has 1 amide bonds. The van der Waals surface area contributed by atoms with Gasteiger partial charge >= 0.3 is 0 Å². The molecular formula is C22H22FN5O2S. The van der Waals surface area contributed by atoms with Crippen molar-refractivity contribution >= 4 is 40.0 Å². The highest BCUT2D eigenvalue weighted by Gasteiger charge is 2.17. The normalized spacial score (nSPS) is 11.5. The number of thioether (sulfide) groups is 1. The third-order valence-electron chi connectivity index (χ3n) is 4.85. The zero-order valence-corrected chi connectivity index (χ0v) is 18.0. The first-order valence-electron chi connectivity index (χ1n) is 9.99. The van der Waals surface area contributed by atoms with Crippen molar-refractivity contribution in [3.8, 4) is 0 Å². The van der Waals surface area contributed by atoms with Crippen LogP contribution in [0.15, 0.2) is 58.5 Å². The molecule has 0 bridgehead atoms. The molecule has 0 radical (unpaired) electrons. The molecule has 2 aromatic carbocycles. The number of hydrogen-bond donors (Lipinski definition) is 1. The van der Waals surface area contributed by atoms with E-state index in [-0.39, 0.29) is 17.2 Å². The van der Waals surface area contributed by atoms with Crippen molar-refractivity contribution < 1.29 is 9.18 Å². The van der Waals surface area contributed by atoms with Gasteiger partial charge in [-0.1, -0.05) is 43.8 Å². The van der Waals surface area contributed by atoms with Gasteiger partial charge in [-0.2, -0.15) is 0 Å². The maximum atomic E-state index is 13.3. The second kappa shape index (κ2) is 8.89. The Morgan fingerprint density at radius 2 is 1.97 bits per heavy atom. The van der Waals surface area contributed by atoms with E-state index in [1.807, 2.05) is 22.6 Å². The molecule has 0 unspecified atom stereocenters. The second-order valence-corrected chi connectivity index (χ2v) is 8.56. The number of amides is 1. The molecular weight excluding hydrogens is 417 g/mol. The molecule has 0 saturated heterocycles. The molecule has 0 aliphatic heterocycles. The first-order valence-corrected chi connectivity index (χ1v) is 11.0. The molecule has 2 aromatic heterocycles. The standard InChI is InChI=1S/C22H22FN5O2S/c1-14(2)10-11-27-20(30)17-8-3-4-9-18(17)28-21(27)25-26-22(28)31-13-19(29)24-16-7-5-6-15(23)12-16/h3-9,12,14H,10-11,13H2,1-2H3,(H,24,29). The lowest BCUT2D eigenvalue weighted by Crippen LogP contribution is -2.24. The number of halogens is 1. The van der Waals surface area contributed by atoms with E-state index in [9.17, 15) is 14.0 Å². The summed E-state index contributed by atoms with van der Waals surface area (Å²) in [6, 6.07) is 13.0. The minimum absolute atomic E-state index is 0.0662. The Kier molecular flexibility index (Phi) is 6.03. The van der Waals surface area contributed by atoms with E-state index in [0.29, 0.717) is 40.0 Å². The van der Waals surface area contributed by atoms with E-state index < -0.39 is 5.82 Å². The topological polar surface area (TPSA) is 81.3 Å². The number of hydrogen-bond acceptors (Lipinski definition) is 5. The lowest BCUT2D eigenvalue weighted by molar-refractivity contribution is -0.113. The minimum Gasteiger partial charge on any atom is -0.325 e. The Balaban J connectivity index is 1.65. The Labute approximate surface area is 182 Å². The third-order valence-corrected chi connectivity index (χ3v) is 5.78. The van der Waals surface area contributed by atoms with Gasteiger partial charge in [-0.05, 0) is 42.7 Å². The zero-order valence-electron chi connectivity index (χ0n) is 17.2. The molecule has 7 nitrogen and oxygen atoms in total. The Morgan fingerprint density at radius 1 is 1.16 bits per heavy atom. The van der Waals surface area contributed by atoms with Gasteiger partial charge in [0.25, 0.3) is 5.56 Å². The van der Waals surface area contributed by atoms with Crippen LogP contribution >= 0.6 is 11.8 Å². The summed E-state index contributed by atoms with van der Waals surface area (Å²) in [5, 5.41) is 12.3. The van der Waals surface area contributed by atoms with Gasteiger partial charge in [-0.15, -0.1) is 10.2 Å². The average Bonchev–Trinajstić information content (AvgIpc) is 3.16. The van der Waals surface area contributed by atoms with E-state index in [4.69, 9.17) is 0 Å². The van der Waals surface area contributed by atoms with Crippen molar-refractivity contribution in [1.29, 1.82) is 0 Å². The zero-order chi connectivity index (χ0) is 22.0. The summed E-state index contributed by atoms with van der Waals surface area (Å²) >= 11 is 1.21. The predicted octanol–water partition coefficient (Wildman–Crippen LogP) is 3.96. The quantitative estimate of drug-likeness (QED) is 0.441. The van der Waals surface area contributed by atoms with Crippen LogP contribution in [0.1, 0.15) is 20.3 Å². The summed E-state index contributed by atoms with van der Waals surface area (Å²) in [5.41, 5.74) is 0.988. The van der Waals surface area contributed by atoms with Crippen molar-refractivity contribution in [3.63, 3.8) is 0 Å². The molecule has 9 heteroatoms. The van der Waals surface area contributed by atoms with Crippen LogP contribution in [0.5, 0.6) is 0 Å². The van der Waals surface area contributed by atoms with Crippen LogP contribution in [0.25, 0.3) is 16.7 Å². The van der Waals surface area contributed by atoms with Crippen LogP contribution in [0.2, 0.25) is 0 Å². The third kappa shape index (κ3) is 4.46. The maximum absolute atomic E-state index is 13.3. The van der Waals surface area contributed by atoms with Crippen molar-refractivity contribution in [2.24, 2.45) is 5.92 Å². The monoisotopic (exact) mass is 439 g/mol. The number of aromatic nitrogens is 4. The van der Waals surface area contributed by atoms with Gasteiger partial charge < -0.3 is 5.32 Å². The SMILES string of the molecule is CC(C)CCn1c(=O)c2ccccc2n2c(SCC(=O)Nc3cccc(F)c3)nnc12. The number of fused-ring (bicyclic) bond motifs is 3. The van der Waals surface area contributed by atoms with Gasteiger partial charge in [0.15, 0.2) is 5.16 Å². The molecule has 2 heterocycles. The fourth-order valence-corrected chi connectivity index (χ4v) is 4.05. The summed E-state index contributed by atoms with van der Waals surface area (Å²) in [6.45, 7) is 4.74. The lowest BCUT2D eigenvalue weighted by Gasteiger charge is -2.12. The molecule has 1 N–H and O–H groups in total. The number of rotatable bonds is 7. The average molecular weight is 440 g/mol. The van der Waals surface area contributed by atoms with E-state index in [1.54, 1.807) is 16.7 Å². The number of aryl methyl sites for hydroxylation is 1. The fraction of sp³-hybridized carbons (Fsp3) is 0.273. The van der Waals surface area contributed by atoms with E-state index >= 15 is 0 Å². The predicted molar refractivity (Wildman–Crippen MR) is 120 cm³/mol. The Bertz CT molecular complexity index is 1310. The highest BCUT2D eigenvalue weighted by atomic mass is 32.2. The molecule has 0 spiro atoms. The molecule has 0 aliphatic rings. The number of anilines is 1. The fourth-order valence-electron chi connectivity index (χ4n) is 3.31. The molecule has 4 rings (SSSR count). The summed E-state index contributed by atoms with van der Waals surface area (Å²) in [7, 11) is 0. The van der Waals surface area contributed by atoms with Crippen LogP contribution in [0.4, 0.5) is 10.1 Å². The van der Waals surface area contributed by atoms with Gasteiger partial charge in [0.05, 0.1) is 16.7 Å². The van der Waals surface area contributed by atoms with E-state index in [2.05, 4.69) is 29.4 Å². The summed E-state index contributed by atoms with van der Waals surface area (Å²) in [6.07, 6.45) is 0.833. The number of para-hydroxylation sites is 1. The van der Waals surface area contributed by atoms with Crippen LogP contribution in [0, 0.1) is 11.7 Å². The lowest BCUT2D eigenvalue weighted by atomic mass is 10.1. The van der Waals surface area contributed by atoms with Crippen molar-refractivity contribution in [2.75, 3.05) is 11.1 Å². The summed E-state index contributed by atoms with van der Waals surface area (Å²) < 4.78 is 16.8. The molecule has 0 atom stereocenters. The Morgan fingerprint density at radius 3 is 2.74 bits per heavy atom. The number of benzene rings is 2.